The maximum atomic E-state index is 2.52. The molecule has 0 aliphatic rings. The maximum absolute atomic E-state index is 2.52. The van der Waals surface area contributed by atoms with Gasteiger partial charge < -0.3 is 0 Å². The Morgan fingerprint density at radius 3 is 2.40 bits per heavy atom. The molecule has 62 valence electrons. The van der Waals surface area contributed by atoms with Crippen molar-refractivity contribution in [2.24, 2.45) is 0 Å². The first-order valence-electron chi connectivity index (χ1n) is 3.52. The molecular weight excluding hydrogens is 389 g/mol. The minimum absolute atomic E-state index is 0.235. The highest BCUT2D eigenvalue weighted by atomic mass is 127. The second-order valence-corrected chi connectivity index (χ2v) is 20.3. The molecule has 10 heavy (non-hydrogen) atoms. The Hall–Kier alpha value is 2.24. The first-order chi connectivity index (χ1) is 4.77. The lowest BCUT2D eigenvalue weighted by molar-refractivity contribution is 0.707. The Labute approximate surface area is 95.1 Å². The topological polar surface area (TPSA) is 0 Å². The molecule has 0 atom stereocenters. The van der Waals surface area contributed by atoms with E-state index >= 15 is 0 Å². The molecule has 0 fully saturated rings. The fourth-order valence-corrected chi connectivity index (χ4v) is 5.48. The van der Waals surface area contributed by atoms with Crippen LogP contribution in [0.4, 0.5) is 0 Å². The van der Waals surface area contributed by atoms with Crippen LogP contribution in [0.25, 0.3) is 0 Å². The van der Waals surface area contributed by atoms with Gasteiger partial charge in [-0.25, -0.2) is 0 Å². The molecule has 0 unspecified atom stereocenters. The molecule has 0 aromatic heterocycles. The summed E-state index contributed by atoms with van der Waals surface area (Å²) in [5.74, 6) is 1.37. The van der Waals surface area contributed by atoms with Gasteiger partial charge in [-0.3, -0.25) is 0 Å². The van der Waals surface area contributed by atoms with E-state index in [1.165, 1.54) is 31.4 Å². The second kappa shape index (κ2) is 9.33. The number of unbranched alkanes of at least 4 members (excludes halogenated alkanes) is 3. The van der Waals surface area contributed by atoms with Crippen LogP contribution in [0, 0.1) is 0 Å². The van der Waals surface area contributed by atoms with Crippen LogP contribution < -0.4 is 0 Å². The molecule has 0 amide bonds. The van der Waals surface area contributed by atoms with Gasteiger partial charge in [-0.05, 0) is 56.3 Å². The third-order valence-corrected chi connectivity index (χ3v) is 8.00. The zero-order chi connectivity index (χ0) is 7.82. The Balaban J connectivity index is 2.77. The van der Waals surface area contributed by atoms with Crippen LogP contribution >= 0.6 is 57.9 Å². The van der Waals surface area contributed by atoms with Crippen molar-refractivity contribution in [1.29, 1.82) is 0 Å². The number of halogens is 2. The fourth-order valence-electron chi connectivity index (χ4n) is 0.662. The molecule has 0 aliphatic heterocycles. The summed E-state index contributed by atoms with van der Waals surface area (Å²) in [7, 11) is 0. The zero-order valence-corrected chi connectivity index (χ0v) is 12.2. The predicted molar refractivity (Wildman–Crippen MR) is 71.6 cm³/mol. The Kier molecular flexibility index (Phi) is 11.4. The predicted octanol–water partition coefficient (Wildman–Crippen LogP) is 5.40. The van der Waals surface area contributed by atoms with E-state index in [-0.39, 0.29) is 2.41 Å². The standard InChI is InChI=1S/C6H13I2PS/c1-2-3-4-5-6-10-9(7)8/h2-6H2,1H3. The first-order valence-corrected chi connectivity index (χ1v) is 12.0. The molecule has 0 rings (SSSR count). The third kappa shape index (κ3) is 10.2. The fraction of sp³-hybridized carbons (Fsp3) is 1.00. The summed E-state index contributed by atoms with van der Waals surface area (Å²) in [6.07, 6.45) is 5.62. The van der Waals surface area contributed by atoms with Gasteiger partial charge in [0.15, 0.2) is 0 Å². The van der Waals surface area contributed by atoms with Gasteiger partial charge in [0.2, 0.25) is 0 Å². The van der Waals surface area contributed by atoms with E-state index < -0.39 is 0 Å². The largest absolute Gasteiger partial charge is 0.113 e. The molecule has 0 radical (unpaired) electrons. The molecule has 0 saturated carbocycles. The highest BCUT2D eigenvalue weighted by Crippen LogP contribution is 2.64. The van der Waals surface area contributed by atoms with E-state index in [1.807, 2.05) is 0 Å². The van der Waals surface area contributed by atoms with E-state index in [9.17, 15) is 0 Å². The minimum atomic E-state index is 0.235. The van der Waals surface area contributed by atoms with Crippen LogP contribution in [0.2, 0.25) is 0 Å². The smallest absolute Gasteiger partial charge is 0.0832 e. The monoisotopic (exact) mass is 402 g/mol. The summed E-state index contributed by atoms with van der Waals surface area (Å²) in [6.45, 7) is 2.26. The van der Waals surface area contributed by atoms with Crippen molar-refractivity contribution in [3.8, 4) is 0 Å². The molecule has 4 heteroatoms. The van der Waals surface area contributed by atoms with Gasteiger partial charge in [-0.15, -0.1) is 11.4 Å². The van der Waals surface area contributed by atoms with E-state index in [1.54, 1.807) is 0 Å². The van der Waals surface area contributed by atoms with Crippen molar-refractivity contribution in [2.45, 2.75) is 32.6 Å². The van der Waals surface area contributed by atoms with Crippen molar-refractivity contribution in [3.05, 3.63) is 0 Å². The molecule has 0 saturated heterocycles. The summed E-state index contributed by atoms with van der Waals surface area (Å²) < 4.78 is 0.235. The van der Waals surface area contributed by atoms with Crippen LogP contribution in [0.1, 0.15) is 32.6 Å². The summed E-state index contributed by atoms with van der Waals surface area (Å²) in [6, 6.07) is 0. The Morgan fingerprint density at radius 1 is 1.20 bits per heavy atom. The van der Waals surface area contributed by atoms with Crippen molar-refractivity contribution in [2.75, 3.05) is 5.75 Å². The van der Waals surface area contributed by atoms with Gasteiger partial charge in [-0.2, -0.15) is 0 Å². The molecule has 0 bridgehead atoms. The van der Waals surface area contributed by atoms with Crippen molar-refractivity contribution >= 4 is 57.9 Å². The summed E-state index contributed by atoms with van der Waals surface area (Å²) >= 11 is 7.16. The minimum Gasteiger partial charge on any atom is -0.113 e. The van der Waals surface area contributed by atoms with Crippen molar-refractivity contribution < 1.29 is 0 Å². The van der Waals surface area contributed by atoms with Gasteiger partial charge in [-0.1, -0.05) is 26.2 Å². The van der Waals surface area contributed by atoms with E-state index in [0.717, 1.165) is 0 Å². The van der Waals surface area contributed by atoms with E-state index in [4.69, 9.17) is 0 Å². The zero-order valence-electron chi connectivity index (χ0n) is 6.15. The highest BCUT2D eigenvalue weighted by Gasteiger charge is 1.96. The quantitative estimate of drug-likeness (QED) is 0.326. The van der Waals surface area contributed by atoms with Crippen molar-refractivity contribution in [3.63, 3.8) is 0 Å². The van der Waals surface area contributed by atoms with Gasteiger partial charge in [0.05, 0.1) is 2.41 Å². The van der Waals surface area contributed by atoms with Crippen LogP contribution in [-0.4, -0.2) is 5.75 Å². The molecule has 0 N–H and O–H groups in total. The Morgan fingerprint density at radius 2 is 1.90 bits per heavy atom. The molecule has 0 spiro atoms. The van der Waals surface area contributed by atoms with E-state index in [0.29, 0.717) is 0 Å². The SMILES string of the molecule is CCCCCCSP(I)I. The van der Waals surface area contributed by atoms with Gasteiger partial charge >= 0.3 is 0 Å². The van der Waals surface area contributed by atoms with Gasteiger partial charge in [0.25, 0.3) is 0 Å². The average molecular weight is 402 g/mol. The number of hydrogen-bond acceptors (Lipinski definition) is 1. The molecule has 0 aromatic rings. The number of hydrogen-bond donors (Lipinski definition) is 0. The van der Waals surface area contributed by atoms with Gasteiger partial charge in [0, 0.05) is 0 Å². The molecule has 0 heterocycles. The maximum Gasteiger partial charge on any atom is 0.0832 e. The Bertz CT molecular complexity index is 70.8. The number of rotatable bonds is 6. The summed E-state index contributed by atoms with van der Waals surface area (Å²) in [4.78, 5) is 0. The van der Waals surface area contributed by atoms with Crippen LogP contribution in [-0.2, 0) is 0 Å². The van der Waals surface area contributed by atoms with Crippen LogP contribution in [0.3, 0.4) is 0 Å². The van der Waals surface area contributed by atoms with Gasteiger partial charge in [0.1, 0.15) is 0 Å². The average Bonchev–Trinajstić information content (AvgIpc) is 1.87. The summed E-state index contributed by atoms with van der Waals surface area (Å²) in [5.41, 5.74) is 0. The summed E-state index contributed by atoms with van der Waals surface area (Å²) in [5, 5.41) is 0. The highest BCUT2D eigenvalue weighted by molar-refractivity contribution is 14.3. The molecule has 0 nitrogen and oxygen atoms in total. The van der Waals surface area contributed by atoms with Crippen molar-refractivity contribution in [1.82, 2.24) is 0 Å². The molecular formula is C6H13I2PS. The normalized spacial score (nSPS) is 10.8. The second-order valence-electron chi connectivity index (χ2n) is 2.10. The van der Waals surface area contributed by atoms with Crippen LogP contribution in [0.5, 0.6) is 0 Å². The molecule has 0 aliphatic carbocycles. The van der Waals surface area contributed by atoms with Crippen LogP contribution in [0.15, 0.2) is 0 Å². The lowest BCUT2D eigenvalue weighted by Crippen LogP contribution is -1.76. The molecule has 0 aromatic carbocycles. The van der Waals surface area contributed by atoms with E-state index in [2.05, 4.69) is 62.4 Å². The lowest BCUT2D eigenvalue weighted by atomic mass is 10.2. The first kappa shape index (κ1) is 12.2. The third-order valence-electron chi connectivity index (χ3n) is 1.19. The lowest BCUT2D eigenvalue weighted by Gasteiger charge is -1.99.